The zero-order valence-electron chi connectivity index (χ0n) is 13.7. The summed E-state index contributed by atoms with van der Waals surface area (Å²) in [5, 5.41) is 0. The molecule has 0 bridgehead atoms. The van der Waals surface area contributed by atoms with Crippen LogP contribution in [0.4, 0.5) is 87.8 Å². The maximum atomic E-state index is 14.0. The van der Waals surface area contributed by atoms with E-state index in [9.17, 15) is 87.8 Å². The molecule has 0 radical (unpaired) electrons. The maximum absolute atomic E-state index is 14.0. The van der Waals surface area contributed by atoms with Gasteiger partial charge in [-0.2, -0.15) is 87.8 Å². The topological polar surface area (TPSA) is 0 Å². The van der Waals surface area contributed by atoms with E-state index in [1.54, 1.807) is 0 Å². The van der Waals surface area contributed by atoms with Crippen LogP contribution in [0.5, 0.6) is 0 Å². The number of hydrogen-bond acceptors (Lipinski definition) is 0. The minimum absolute atomic E-state index is 4.69. The molecule has 0 nitrogen and oxygen atoms in total. The van der Waals surface area contributed by atoms with Crippen LogP contribution in [0.1, 0.15) is 0 Å². The maximum Gasteiger partial charge on any atom is 0.413 e. The van der Waals surface area contributed by atoms with Gasteiger partial charge in [0.15, 0.2) is 11.8 Å². The van der Waals surface area contributed by atoms with E-state index in [1.807, 2.05) is 0 Å². The minimum atomic E-state index is -7.95. The lowest BCUT2D eigenvalue weighted by Crippen LogP contribution is -2.73. The Bertz CT molecular complexity index is 700. The van der Waals surface area contributed by atoms with Crippen LogP contribution in [0.2, 0.25) is 0 Å². The van der Waals surface area contributed by atoms with Gasteiger partial charge in [0.2, 0.25) is 5.41 Å². The van der Waals surface area contributed by atoms with Gasteiger partial charge in [0, 0.05) is 5.57 Å². The van der Waals surface area contributed by atoms with Crippen LogP contribution < -0.4 is 0 Å². The first kappa shape index (κ1) is 28.4. The Balaban J connectivity index is 4.48. The highest BCUT2D eigenvalue weighted by molar-refractivity contribution is 5.52. The number of alkyl halides is 20. The highest BCUT2D eigenvalue weighted by Gasteiger charge is 2.94. The second-order valence-corrected chi connectivity index (χ2v) is 6.18. The first-order chi connectivity index (χ1) is 13.5. The quantitative estimate of drug-likeness (QED) is 0.258. The number of rotatable bonds is 2. The van der Waals surface area contributed by atoms with Crippen LogP contribution in [-0.4, -0.2) is 43.0 Å². The summed E-state index contributed by atoms with van der Waals surface area (Å²) >= 11 is 0. The molecule has 32 heavy (non-hydrogen) atoms. The molecule has 0 saturated carbocycles. The molecule has 1 aliphatic rings. The smallest absolute Gasteiger partial charge is 0.200 e. The van der Waals surface area contributed by atoms with Crippen molar-refractivity contribution in [3.63, 3.8) is 0 Å². The predicted octanol–water partition coefficient (Wildman–Crippen LogP) is 7.52. The number of halogens is 20. The second-order valence-electron chi connectivity index (χ2n) is 6.18. The summed E-state index contributed by atoms with van der Waals surface area (Å²) in [5.41, 5.74) is -17.2. The summed E-state index contributed by atoms with van der Waals surface area (Å²) in [7, 11) is 0. The van der Waals surface area contributed by atoms with Crippen LogP contribution in [0.25, 0.3) is 0 Å². The molecule has 0 saturated heterocycles. The Morgan fingerprint density at radius 3 is 0.812 bits per heavy atom. The third-order valence-corrected chi connectivity index (χ3v) is 4.24. The van der Waals surface area contributed by atoms with Gasteiger partial charge in [-0.25, -0.2) is 0 Å². The molecule has 0 aromatic rings. The first-order valence-corrected chi connectivity index (χ1v) is 7.01. The van der Waals surface area contributed by atoms with Gasteiger partial charge < -0.3 is 0 Å². The molecule has 190 valence electrons. The van der Waals surface area contributed by atoms with Crippen molar-refractivity contribution in [2.45, 2.75) is 43.0 Å². The van der Waals surface area contributed by atoms with E-state index in [0.717, 1.165) is 0 Å². The van der Waals surface area contributed by atoms with Crippen molar-refractivity contribution in [2.24, 2.45) is 17.3 Å². The van der Waals surface area contributed by atoms with E-state index in [4.69, 9.17) is 0 Å². The molecule has 1 aliphatic carbocycles. The van der Waals surface area contributed by atoms with Gasteiger partial charge in [0.25, 0.3) is 5.92 Å². The van der Waals surface area contributed by atoms with Crippen LogP contribution >= 0.6 is 0 Å². The molecular formula is C12H2F20. The summed E-state index contributed by atoms with van der Waals surface area (Å²) in [5.74, 6) is -20.2. The molecule has 0 aliphatic heterocycles. The molecule has 0 heterocycles. The van der Waals surface area contributed by atoms with Gasteiger partial charge >= 0.3 is 37.1 Å². The third-order valence-electron chi connectivity index (χ3n) is 4.24. The number of allylic oxidation sites excluding steroid dienone is 2. The molecule has 0 aromatic heterocycles. The predicted molar refractivity (Wildman–Crippen MR) is 57.7 cm³/mol. The Hall–Kier alpha value is -1.66. The monoisotopic (exact) mass is 526 g/mol. The average molecular weight is 526 g/mol. The largest absolute Gasteiger partial charge is 0.413 e. The van der Waals surface area contributed by atoms with E-state index < -0.39 is 71.4 Å². The molecule has 0 spiro atoms. The average Bonchev–Trinajstić information content (AvgIpc) is 2.34. The van der Waals surface area contributed by atoms with Crippen molar-refractivity contribution < 1.29 is 87.8 Å². The molecule has 20 heteroatoms. The van der Waals surface area contributed by atoms with E-state index in [2.05, 4.69) is 0 Å². The Labute approximate surface area is 160 Å². The van der Waals surface area contributed by atoms with Gasteiger partial charge in [0.05, 0.1) is 0 Å². The summed E-state index contributed by atoms with van der Waals surface area (Å²) in [6.45, 7) is 0. The van der Waals surface area contributed by atoms with Gasteiger partial charge in [-0.05, 0) is 5.57 Å². The lowest BCUT2D eigenvalue weighted by molar-refractivity contribution is -0.410. The summed E-state index contributed by atoms with van der Waals surface area (Å²) in [6.07, 6.45) is -45.6. The highest BCUT2D eigenvalue weighted by atomic mass is 19.4. The summed E-state index contributed by atoms with van der Waals surface area (Å²) < 4.78 is 259. The van der Waals surface area contributed by atoms with Gasteiger partial charge in [-0.3, -0.25) is 0 Å². The summed E-state index contributed by atoms with van der Waals surface area (Å²) in [4.78, 5) is 0. The normalized spacial score (nSPS) is 20.8. The van der Waals surface area contributed by atoms with Crippen LogP contribution in [0.3, 0.4) is 0 Å². The summed E-state index contributed by atoms with van der Waals surface area (Å²) in [6, 6.07) is 0. The zero-order valence-corrected chi connectivity index (χ0v) is 13.7. The van der Waals surface area contributed by atoms with Crippen molar-refractivity contribution >= 4 is 0 Å². The van der Waals surface area contributed by atoms with Crippen LogP contribution in [-0.2, 0) is 0 Å². The first-order valence-electron chi connectivity index (χ1n) is 7.01. The van der Waals surface area contributed by atoms with Crippen molar-refractivity contribution in [1.82, 2.24) is 0 Å². The molecule has 0 N–H and O–H groups in total. The van der Waals surface area contributed by atoms with Crippen molar-refractivity contribution in [2.75, 3.05) is 0 Å². The van der Waals surface area contributed by atoms with Crippen molar-refractivity contribution in [3.05, 3.63) is 11.1 Å². The minimum Gasteiger partial charge on any atom is -0.200 e. The SMILES string of the molecule is FC(F)(F)C(C1=C(C(C(F)(F)F)C(F)(F)F)C(C(F)(F)F)(C(F)(F)F)C1(F)F)C(F)(F)F. The van der Waals surface area contributed by atoms with E-state index >= 15 is 0 Å². The Morgan fingerprint density at radius 2 is 0.625 bits per heavy atom. The zero-order chi connectivity index (χ0) is 26.3. The Morgan fingerprint density at radius 1 is 0.406 bits per heavy atom. The molecular weight excluding hydrogens is 524 g/mol. The van der Waals surface area contributed by atoms with Crippen LogP contribution in [0, 0.1) is 17.3 Å². The fourth-order valence-corrected chi connectivity index (χ4v) is 3.24. The van der Waals surface area contributed by atoms with E-state index in [0.29, 0.717) is 0 Å². The fraction of sp³-hybridized carbons (Fsp3) is 0.833. The third kappa shape index (κ3) is 3.94. The molecule has 0 amide bonds. The fourth-order valence-electron chi connectivity index (χ4n) is 3.24. The molecule has 0 atom stereocenters. The molecule has 0 fully saturated rings. The van der Waals surface area contributed by atoms with Gasteiger partial charge in [-0.15, -0.1) is 0 Å². The lowest BCUT2D eigenvalue weighted by atomic mass is 9.52. The van der Waals surface area contributed by atoms with Crippen LogP contribution in [0.15, 0.2) is 11.1 Å². The lowest BCUT2D eigenvalue weighted by Gasteiger charge is -2.56. The molecule has 0 unspecified atom stereocenters. The van der Waals surface area contributed by atoms with Gasteiger partial charge in [-0.1, -0.05) is 0 Å². The number of hydrogen-bond donors (Lipinski definition) is 0. The molecule has 1 rings (SSSR count). The second kappa shape index (κ2) is 6.92. The Kier molecular flexibility index (Phi) is 6.14. The standard InChI is InChI=1S/C12H2F20/c13-6(14)2(4(9(21,22)23)10(24,25)26)1(3(7(15,16)17)8(18,19)20)5(6,11(27,28)29)12(30,31)32/h3-4H. The highest BCUT2D eigenvalue weighted by Crippen LogP contribution is 2.77. The van der Waals surface area contributed by atoms with E-state index in [1.165, 1.54) is 0 Å². The van der Waals surface area contributed by atoms with Crippen molar-refractivity contribution in [3.8, 4) is 0 Å². The molecule has 0 aromatic carbocycles. The van der Waals surface area contributed by atoms with E-state index in [-0.39, 0.29) is 0 Å². The van der Waals surface area contributed by atoms with Gasteiger partial charge in [0.1, 0.15) is 0 Å². The van der Waals surface area contributed by atoms with Crippen molar-refractivity contribution in [1.29, 1.82) is 0 Å².